The smallest absolute Gasteiger partial charge is 0.261 e. The number of aromatic hydroxyl groups is 3. The average Bonchev–Trinajstić information content (AvgIpc) is 1.47. The van der Waals surface area contributed by atoms with E-state index >= 15 is 0 Å². The summed E-state index contributed by atoms with van der Waals surface area (Å²) in [5, 5.41) is 85.2. The fourth-order valence-corrected chi connectivity index (χ4v) is 20.8. The number of phenolic OH excluding ortho intramolecular Hbond substituents is 3. The second kappa shape index (κ2) is 42.1. The zero-order chi connectivity index (χ0) is 97.6. The van der Waals surface area contributed by atoms with Crippen molar-refractivity contribution in [2.45, 2.75) is 205 Å². The molecule has 3 fully saturated rings. The molecule has 2 saturated heterocycles. The summed E-state index contributed by atoms with van der Waals surface area (Å²) < 4.78 is 37.5. The van der Waals surface area contributed by atoms with Gasteiger partial charge in [-0.05, 0) is 212 Å². The van der Waals surface area contributed by atoms with E-state index in [2.05, 4.69) is 127 Å². The molecule has 36 heteroatoms. The van der Waals surface area contributed by atoms with E-state index in [1.165, 1.54) is 92.6 Å². The summed E-state index contributed by atoms with van der Waals surface area (Å²) in [6.07, 6.45) is 6.85. The lowest BCUT2D eigenvalue weighted by atomic mass is 9.49. The topological polar surface area (TPSA) is 532 Å². The molecular weight excluding hydrogens is 1800 g/mol. The zero-order valence-corrected chi connectivity index (χ0v) is 79.3. The third-order valence-corrected chi connectivity index (χ3v) is 28.0. The number of nitrogens with zero attached hydrogens (tertiary/aromatic N) is 3. The van der Waals surface area contributed by atoms with Gasteiger partial charge in [-0.25, -0.2) is 0 Å². The molecular formula is C100H122N14O19S3. The lowest BCUT2D eigenvalue weighted by molar-refractivity contribution is -0.175. The number of phenols is 3. The number of likely N-dealkylation sites (tertiary alicyclic amines) is 2. The number of hydrogen-bond donors (Lipinski definition) is 20. The summed E-state index contributed by atoms with van der Waals surface area (Å²) >= 11 is 8.73. The highest BCUT2D eigenvalue weighted by atomic mass is 32.2. The number of amides is 8. The van der Waals surface area contributed by atoms with Gasteiger partial charge in [0.2, 0.25) is 47.3 Å². The number of aromatic amines is 1. The minimum Gasteiger partial charge on any atom is -0.508 e. The van der Waals surface area contributed by atoms with Crippen LogP contribution in [-0.2, 0) is 104 Å². The number of rotatable bonds is 31. The molecule has 3 aromatic heterocycles. The van der Waals surface area contributed by atoms with Gasteiger partial charge in [-0.2, -0.15) is 33.7 Å². The van der Waals surface area contributed by atoms with Crippen molar-refractivity contribution >= 4 is 115 Å². The Kier molecular flexibility index (Phi) is 31.0. The van der Waals surface area contributed by atoms with Crippen LogP contribution in [0.25, 0.3) is 32.8 Å². The van der Waals surface area contributed by atoms with Crippen LogP contribution in [0.15, 0.2) is 180 Å². The van der Waals surface area contributed by atoms with Crippen molar-refractivity contribution in [2.24, 2.45) is 29.0 Å². The lowest BCUT2D eigenvalue weighted by Gasteiger charge is -2.62. The Morgan fingerprint density at radius 3 is 1.96 bits per heavy atom. The number of carbonyl (C=O) groups is 8. The number of aliphatic hydroxyl groups is 3. The number of fused-ring (bicyclic) bond motifs is 8. The van der Waals surface area contributed by atoms with Gasteiger partial charge in [-0.1, -0.05) is 115 Å². The summed E-state index contributed by atoms with van der Waals surface area (Å²) in [6, 6.07) is 41.3. The number of nitrogens with one attached hydrogen (secondary N) is 8. The number of H-pyrrole nitrogens is 1. The normalized spacial score (nSPS) is 21.8. The van der Waals surface area contributed by atoms with Crippen LogP contribution in [0.2, 0.25) is 0 Å². The lowest BCUT2D eigenvalue weighted by Crippen LogP contribution is -2.74. The Morgan fingerprint density at radius 2 is 1.29 bits per heavy atom. The van der Waals surface area contributed by atoms with Gasteiger partial charge in [0.15, 0.2) is 17.6 Å². The van der Waals surface area contributed by atoms with E-state index in [9.17, 15) is 77.4 Å². The molecule has 16 atom stereocenters. The number of hydrogen-bond acceptors (Lipinski definition) is 25. The third-order valence-electron chi connectivity index (χ3n) is 27.4. The molecule has 1 saturated carbocycles. The predicted octanol–water partition coefficient (Wildman–Crippen LogP) is 5.52. The summed E-state index contributed by atoms with van der Waals surface area (Å²) in [6.45, 7) is 9.64. The number of piperidine rings is 2. The van der Waals surface area contributed by atoms with Crippen molar-refractivity contribution in [3.05, 3.63) is 232 Å². The fourth-order valence-electron chi connectivity index (χ4n) is 20.3. The third kappa shape index (κ3) is 22.4. The number of aromatic nitrogens is 2. The van der Waals surface area contributed by atoms with Crippen molar-refractivity contribution < 1.29 is 91.1 Å². The van der Waals surface area contributed by atoms with Gasteiger partial charge >= 0.3 is 0 Å². The summed E-state index contributed by atoms with van der Waals surface area (Å²) in [4.78, 5) is 123. The standard InChI is InChI=1S/C50H69N11O11S2.C26H25NO4.C23H24N2O.CH4O3S/c1-26(62)39(42(53)65)59-49(72)41(50(3,4)74)61-48(71)40(27(2)63)60-44(67)35(15-10-20-51)55-46(69)37(23-30-24-54-34-14-9-8-13-32(30)34)57-45(68)36(22-29-16-18-31(64)19-17-29)56-47(70)38(25-73)58-43(66)33(52)21-28-11-6-5-7-12-28;28-18-8-7-15-11-20-26(29)12-17-16-3-1-2-4-19(16)30-22(17)24-25(26,21(15)23(18)31-24)9-10-27(20)13-14-5-6-14;1-25-10-9-23(18-6-4-7-20(26)13-18)14-22-17(12-19(23)15-25)11-16-5-2-3-8-21(16)24-22;1-5(2,3)4/h5-9,11-14,16-19,24,26-27,33,35-41,54,62-64,73-74H,10,15,20-23,25,51-52H2,1-4H3,(H2,53,65)(H,55,69)(H,56,70)(H,57,68)(H,58,66)(H,59,72)(H,60,67)(H,61,71);1-4,7-8,14,20,24,28-29H,5-6,9-13H2;2-8,11,13,19,26H,9-10,12,14-15H2,1H3;1H3,(H,2,3,4)/t26-,27-,33-,35+,36+,37-,38+,39+,40+,41+;20-,24+,25+,26-;19-,23+;/m110./s1. The first kappa shape index (κ1) is 100. The highest BCUT2D eigenvalue weighted by Gasteiger charge is 2.73. The molecule has 6 heterocycles. The highest BCUT2D eigenvalue weighted by molar-refractivity contribution is 7.85. The number of furan rings is 1. The molecule has 10 aromatic rings. The van der Waals surface area contributed by atoms with E-state index in [0.29, 0.717) is 52.1 Å². The van der Waals surface area contributed by atoms with Crippen molar-refractivity contribution in [1.82, 2.24) is 57.0 Å². The maximum Gasteiger partial charge on any atom is 0.261 e. The number of pyridine rings is 1. The molecule has 8 amide bonds. The van der Waals surface area contributed by atoms with Crippen LogP contribution in [0.5, 0.6) is 23.0 Å². The zero-order valence-electron chi connectivity index (χ0n) is 76.7. The Balaban J connectivity index is 0.000000189. The second-order valence-corrected chi connectivity index (χ2v) is 40.7. The van der Waals surface area contributed by atoms with Gasteiger partial charge in [0.25, 0.3) is 10.1 Å². The van der Waals surface area contributed by atoms with E-state index in [1.807, 2.05) is 48.5 Å². The Hall–Kier alpha value is -11.7. The quantitative estimate of drug-likeness (QED) is 0.0188. The highest BCUT2D eigenvalue weighted by Crippen LogP contribution is 2.69. The monoisotopic (exact) mass is 1920 g/mol. The Morgan fingerprint density at radius 1 is 0.662 bits per heavy atom. The predicted molar refractivity (Wildman–Crippen MR) is 520 cm³/mol. The van der Waals surface area contributed by atoms with Crippen LogP contribution >= 0.6 is 25.3 Å². The Labute approximate surface area is 799 Å². The van der Waals surface area contributed by atoms with Gasteiger partial charge in [0.1, 0.15) is 65.1 Å². The minimum atomic E-state index is -3.67. The van der Waals surface area contributed by atoms with Crippen LogP contribution in [0.1, 0.15) is 128 Å². The molecule has 33 nitrogen and oxygen atoms in total. The van der Waals surface area contributed by atoms with Crippen molar-refractivity contribution in [3.8, 4) is 23.0 Å². The van der Waals surface area contributed by atoms with E-state index in [1.54, 1.807) is 60.8 Å². The van der Waals surface area contributed by atoms with Gasteiger partial charge in [-0.15, -0.1) is 0 Å². The van der Waals surface area contributed by atoms with E-state index in [0.717, 1.165) is 103 Å². The number of benzene rings is 7. The van der Waals surface area contributed by atoms with E-state index in [-0.39, 0.29) is 67.4 Å². The molecule has 1 spiro atoms. The van der Waals surface area contributed by atoms with Crippen molar-refractivity contribution in [3.63, 3.8) is 0 Å². The molecule has 3 aliphatic heterocycles. The first-order valence-corrected chi connectivity index (χ1v) is 48.8. The summed E-state index contributed by atoms with van der Waals surface area (Å²) in [7, 11) is -1.44. The minimum absolute atomic E-state index is 0.0535. The molecule has 21 N–H and O–H groups in total. The van der Waals surface area contributed by atoms with Gasteiger partial charge in [0, 0.05) is 105 Å². The molecule has 17 rings (SSSR count). The number of ether oxygens (including phenoxy) is 1. The van der Waals surface area contributed by atoms with Crippen molar-refractivity contribution in [2.75, 3.05) is 51.8 Å². The Bertz CT molecular complexity index is 6170. The van der Waals surface area contributed by atoms with Gasteiger partial charge < -0.3 is 104 Å². The first-order chi connectivity index (χ1) is 64.7. The molecule has 136 heavy (non-hydrogen) atoms. The van der Waals surface area contributed by atoms with Crippen LogP contribution in [-0.4, -0.2) is 239 Å². The summed E-state index contributed by atoms with van der Waals surface area (Å²) in [5.74, 6) is -4.21. The SMILES string of the molecule is CN1CC[C@]2(c3cccc(O)c3)Cc3nc4ccccc4cc3C[C@H]2C1.CS(=O)(=O)O.C[C@@H](O)[C@H](NC(=O)[C@H](NC(=O)[C@@H](NC(=O)[C@H](CCCN)NC(=O)[C@@H](Cc1c[nH]c2ccccc12)NC(=O)[C@H](Cc1ccc(O)cc1)NC(=O)[C@H](CS)NC(=O)[C@H](N)Cc1ccccc1)[C@@H](C)O)C(C)(C)S)C(N)=O.Oc1ccc2c3c1O[C@H]1c4oc5ccccc5c4C[C@@]4(O)[C@@H](C2)N(CC2CC2)CC[C@]314. The first-order valence-electron chi connectivity index (χ1n) is 45.9. The second-order valence-electron chi connectivity index (χ2n) is 37.7. The molecule has 7 aromatic carbocycles. The molecule has 0 radical (unpaired) electrons. The van der Waals surface area contributed by atoms with Crippen molar-refractivity contribution in [1.29, 1.82) is 0 Å². The van der Waals surface area contributed by atoms with Crippen LogP contribution in [0.3, 0.4) is 0 Å². The molecule has 4 aliphatic carbocycles. The molecule has 7 aliphatic rings. The molecule has 724 valence electrons. The van der Waals surface area contributed by atoms with E-state index < -0.39 is 140 Å². The maximum absolute atomic E-state index is 14.6. The number of primary amides is 1. The maximum atomic E-state index is 14.6. The number of nitrogens with two attached hydrogens (primary N) is 3. The molecule has 2 bridgehead atoms. The van der Waals surface area contributed by atoms with Crippen LogP contribution in [0.4, 0.5) is 0 Å². The number of thiol groups is 2. The van der Waals surface area contributed by atoms with Crippen LogP contribution < -0.4 is 59.2 Å². The number of carbonyl (C=O) groups excluding carboxylic acids is 8. The van der Waals surface area contributed by atoms with E-state index in [4.69, 9.17) is 35.9 Å². The number of para-hydroxylation sites is 3. The largest absolute Gasteiger partial charge is 0.508 e. The fraction of sp³-hybridized carbons (Fsp3) is 0.430. The van der Waals surface area contributed by atoms with Gasteiger partial charge in [0.05, 0.1) is 41.0 Å². The molecule has 0 unspecified atom stereocenters. The van der Waals surface area contributed by atoms with Crippen LogP contribution in [0, 0.1) is 11.8 Å². The average molecular weight is 1920 g/mol. The van der Waals surface area contributed by atoms with Gasteiger partial charge in [-0.3, -0.25) is 52.8 Å². The summed E-state index contributed by atoms with van der Waals surface area (Å²) in [5.41, 5.74) is 27.7. The number of aliphatic hydroxyl groups excluding tert-OH is 2.